The fourth-order valence-corrected chi connectivity index (χ4v) is 4.85. The van der Waals surface area contributed by atoms with Crippen molar-refractivity contribution in [3.8, 4) is 11.5 Å². The SMILES string of the molecule is CCOc1c(Br)cc(C2Nc3ccc(CC)cc3[C@H]3OCC[C@@H]23)cc1OC. The number of nitrogens with one attached hydrogen (secondary N) is 1. The lowest BCUT2D eigenvalue weighted by Crippen LogP contribution is -2.29. The quantitative estimate of drug-likeness (QED) is 0.662. The average molecular weight is 432 g/mol. The maximum atomic E-state index is 6.18. The maximum absolute atomic E-state index is 6.18. The third kappa shape index (κ3) is 3.32. The van der Waals surface area contributed by atoms with E-state index in [0.717, 1.165) is 35.4 Å². The van der Waals surface area contributed by atoms with Gasteiger partial charge < -0.3 is 19.5 Å². The molecule has 2 aliphatic heterocycles. The molecule has 2 aliphatic rings. The predicted molar refractivity (Wildman–Crippen MR) is 111 cm³/mol. The van der Waals surface area contributed by atoms with Crippen molar-refractivity contribution < 1.29 is 14.2 Å². The van der Waals surface area contributed by atoms with Crippen LogP contribution in [0.3, 0.4) is 0 Å². The zero-order chi connectivity index (χ0) is 19.0. The van der Waals surface area contributed by atoms with E-state index in [9.17, 15) is 0 Å². The second-order valence-electron chi connectivity index (χ2n) is 7.11. The summed E-state index contributed by atoms with van der Waals surface area (Å²) in [6.45, 7) is 5.57. The summed E-state index contributed by atoms with van der Waals surface area (Å²) in [5.74, 6) is 1.91. The highest BCUT2D eigenvalue weighted by Gasteiger charge is 2.41. The van der Waals surface area contributed by atoms with Crippen molar-refractivity contribution in [2.24, 2.45) is 5.92 Å². The first-order valence-corrected chi connectivity index (χ1v) is 10.5. The molecule has 2 aromatic rings. The Bertz CT molecular complexity index is 839. The summed E-state index contributed by atoms with van der Waals surface area (Å²) in [6.07, 6.45) is 2.23. The van der Waals surface area contributed by atoms with Gasteiger partial charge in [-0.05, 0) is 65.0 Å². The van der Waals surface area contributed by atoms with Crippen molar-refractivity contribution in [2.75, 3.05) is 25.6 Å². The van der Waals surface area contributed by atoms with Crippen LogP contribution in [-0.4, -0.2) is 20.3 Å². The Balaban J connectivity index is 1.75. The number of aryl methyl sites for hydroxylation is 1. The summed E-state index contributed by atoms with van der Waals surface area (Å²) >= 11 is 3.67. The lowest BCUT2D eigenvalue weighted by atomic mass is 9.80. The minimum absolute atomic E-state index is 0.147. The molecule has 27 heavy (non-hydrogen) atoms. The van der Waals surface area contributed by atoms with E-state index < -0.39 is 0 Å². The second kappa shape index (κ2) is 7.72. The van der Waals surface area contributed by atoms with Crippen molar-refractivity contribution >= 4 is 21.6 Å². The fourth-order valence-electron chi connectivity index (χ4n) is 4.28. The number of ether oxygens (including phenoxy) is 3. The minimum Gasteiger partial charge on any atom is -0.493 e. The number of benzene rings is 2. The van der Waals surface area contributed by atoms with E-state index in [1.165, 1.54) is 22.4 Å². The molecule has 0 bridgehead atoms. The third-order valence-corrected chi connectivity index (χ3v) is 6.20. The van der Waals surface area contributed by atoms with Gasteiger partial charge in [0, 0.05) is 23.8 Å². The lowest BCUT2D eigenvalue weighted by molar-refractivity contribution is 0.0828. The fraction of sp³-hybridized carbons (Fsp3) is 0.455. The predicted octanol–water partition coefficient (Wildman–Crippen LogP) is 5.66. The van der Waals surface area contributed by atoms with Gasteiger partial charge in [0.1, 0.15) is 0 Å². The van der Waals surface area contributed by atoms with E-state index in [-0.39, 0.29) is 12.1 Å². The van der Waals surface area contributed by atoms with Crippen LogP contribution >= 0.6 is 15.9 Å². The standard InChI is InChI=1S/C22H26BrNO3/c1-4-13-6-7-18-16(10-13)21-15(8-9-27-21)20(24-18)14-11-17(23)22(26-5-2)19(12-14)25-3/h6-7,10-12,15,20-21,24H,4-5,8-9H2,1-3H3/t15-,20?,21-/m0/s1. The largest absolute Gasteiger partial charge is 0.493 e. The van der Waals surface area contributed by atoms with Crippen LogP contribution in [0.2, 0.25) is 0 Å². The smallest absolute Gasteiger partial charge is 0.175 e. The van der Waals surface area contributed by atoms with Gasteiger partial charge in [0.2, 0.25) is 0 Å². The Morgan fingerprint density at radius 1 is 1.22 bits per heavy atom. The molecule has 2 aromatic carbocycles. The van der Waals surface area contributed by atoms with E-state index in [0.29, 0.717) is 12.5 Å². The average Bonchev–Trinajstić information content (AvgIpc) is 3.18. The van der Waals surface area contributed by atoms with E-state index >= 15 is 0 Å². The summed E-state index contributed by atoms with van der Waals surface area (Å²) in [6, 6.07) is 11.1. The molecule has 4 rings (SSSR count). The summed E-state index contributed by atoms with van der Waals surface area (Å²) in [4.78, 5) is 0. The highest BCUT2D eigenvalue weighted by molar-refractivity contribution is 9.10. The molecule has 5 heteroatoms. The molecular weight excluding hydrogens is 406 g/mol. The van der Waals surface area contributed by atoms with Crippen LogP contribution in [0.1, 0.15) is 49.1 Å². The first kappa shape index (κ1) is 18.6. The van der Waals surface area contributed by atoms with Gasteiger partial charge in [-0.25, -0.2) is 0 Å². The monoisotopic (exact) mass is 431 g/mol. The van der Waals surface area contributed by atoms with Gasteiger partial charge in [-0.3, -0.25) is 0 Å². The Labute approximate surface area is 169 Å². The van der Waals surface area contributed by atoms with Gasteiger partial charge in [-0.2, -0.15) is 0 Å². The molecular formula is C22H26BrNO3. The molecule has 0 aromatic heterocycles. The number of anilines is 1. The van der Waals surface area contributed by atoms with Crippen LogP contribution in [-0.2, 0) is 11.2 Å². The van der Waals surface area contributed by atoms with Crippen LogP contribution in [0, 0.1) is 5.92 Å². The third-order valence-electron chi connectivity index (χ3n) is 5.61. The number of methoxy groups -OCH3 is 1. The Hall–Kier alpha value is -1.72. The molecule has 4 nitrogen and oxygen atoms in total. The van der Waals surface area contributed by atoms with Gasteiger partial charge in [0.15, 0.2) is 11.5 Å². The molecule has 1 saturated heterocycles. The van der Waals surface area contributed by atoms with Gasteiger partial charge in [0.05, 0.1) is 30.3 Å². The van der Waals surface area contributed by atoms with Gasteiger partial charge in [-0.1, -0.05) is 19.1 Å². The molecule has 0 saturated carbocycles. The normalized spacial score (nSPS) is 23.3. The van der Waals surface area contributed by atoms with E-state index in [1.807, 2.05) is 6.92 Å². The Morgan fingerprint density at radius 3 is 2.81 bits per heavy atom. The van der Waals surface area contributed by atoms with E-state index in [1.54, 1.807) is 7.11 Å². The molecule has 2 heterocycles. The van der Waals surface area contributed by atoms with Crippen LogP contribution < -0.4 is 14.8 Å². The van der Waals surface area contributed by atoms with Crippen LogP contribution in [0.25, 0.3) is 0 Å². The van der Waals surface area contributed by atoms with Gasteiger partial charge >= 0.3 is 0 Å². The molecule has 0 aliphatic carbocycles. The molecule has 1 fully saturated rings. The van der Waals surface area contributed by atoms with Crippen molar-refractivity contribution in [2.45, 2.75) is 38.8 Å². The highest BCUT2D eigenvalue weighted by atomic mass is 79.9. The molecule has 1 N–H and O–H groups in total. The number of rotatable bonds is 5. The van der Waals surface area contributed by atoms with Crippen molar-refractivity contribution in [1.82, 2.24) is 0 Å². The highest BCUT2D eigenvalue weighted by Crippen LogP contribution is 2.51. The molecule has 0 amide bonds. The van der Waals surface area contributed by atoms with Crippen molar-refractivity contribution in [3.05, 3.63) is 51.5 Å². The van der Waals surface area contributed by atoms with Crippen LogP contribution in [0.5, 0.6) is 11.5 Å². The number of hydrogen-bond donors (Lipinski definition) is 1. The second-order valence-corrected chi connectivity index (χ2v) is 7.96. The lowest BCUT2D eigenvalue weighted by Gasteiger charge is -2.37. The summed E-state index contributed by atoms with van der Waals surface area (Å²) in [5, 5.41) is 3.77. The minimum atomic E-state index is 0.147. The molecule has 0 radical (unpaired) electrons. The number of fused-ring (bicyclic) bond motifs is 3. The zero-order valence-corrected chi connectivity index (χ0v) is 17.6. The maximum Gasteiger partial charge on any atom is 0.175 e. The van der Waals surface area contributed by atoms with Gasteiger partial charge in [-0.15, -0.1) is 0 Å². The van der Waals surface area contributed by atoms with Crippen LogP contribution in [0.4, 0.5) is 5.69 Å². The number of hydrogen-bond acceptors (Lipinski definition) is 4. The van der Waals surface area contributed by atoms with Crippen molar-refractivity contribution in [1.29, 1.82) is 0 Å². The first-order chi connectivity index (χ1) is 13.2. The van der Waals surface area contributed by atoms with E-state index in [4.69, 9.17) is 14.2 Å². The van der Waals surface area contributed by atoms with Crippen molar-refractivity contribution in [3.63, 3.8) is 0 Å². The van der Waals surface area contributed by atoms with Gasteiger partial charge in [0.25, 0.3) is 0 Å². The zero-order valence-electron chi connectivity index (χ0n) is 16.0. The number of halogens is 1. The molecule has 144 valence electrons. The first-order valence-electron chi connectivity index (χ1n) is 9.67. The Kier molecular flexibility index (Phi) is 5.33. The van der Waals surface area contributed by atoms with Crippen LogP contribution in [0.15, 0.2) is 34.8 Å². The summed E-state index contributed by atoms with van der Waals surface area (Å²) in [7, 11) is 1.69. The summed E-state index contributed by atoms with van der Waals surface area (Å²) < 4.78 is 18.5. The molecule has 1 unspecified atom stereocenters. The topological polar surface area (TPSA) is 39.7 Å². The summed E-state index contributed by atoms with van der Waals surface area (Å²) in [5.41, 5.74) is 5.01. The Morgan fingerprint density at radius 2 is 2.07 bits per heavy atom. The molecule has 0 spiro atoms. The molecule has 3 atom stereocenters. The van der Waals surface area contributed by atoms with E-state index in [2.05, 4.69) is 58.5 Å².